The van der Waals surface area contributed by atoms with Crippen molar-refractivity contribution in [2.75, 3.05) is 0 Å². The lowest BCUT2D eigenvalue weighted by molar-refractivity contribution is 0.0696. The summed E-state index contributed by atoms with van der Waals surface area (Å²) in [6, 6.07) is 10.5. The molecule has 6 nitrogen and oxygen atoms in total. The molecule has 1 N–H and O–H groups in total. The summed E-state index contributed by atoms with van der Waals surface area (Å²) in [5, 5.41) is 8.94. The number of aromatic nitrogens is 2. The first-order valence-corrected chi connectivity index (χ1v) is 9.46. The number of carbonyl (C=O) groups is 3. The van der Waals surface area contributed by atoms with Crippen molar-refractivity contribution in [2.24, 2.45) is 7.05 Å². The van der Waals surface area contributed by atoms with Gasteiger partial charge in [0.05, 0.1) is 5.56 Å². The number of aryl methyl sites for hydroxylation is 2. The van der Waals surface area contributed by atoms with Crippen molar-refractivity contribution in [3.8, 4) is 0 Å². The minimum atomic E-state index is -1.12. The summed E-state index contributed by atoms with van der Waals surface area (Å²) in [5.41, 5.74) is 1.10. The summed E-state index contributed by atoms with van der Waals surface area (Å²) >= 11 is 0. The Morgan fingerprint density at radius 1 is 1.00 bits per heavy atom. The van der Waals surface area contributed by atoms with Gasteiger partial charge in [0, 0.05) is 48.1 Å². The predicted octanol–water partition coefficient (Wildman–Crippen LogP) is 3.92. The number of hydrogen-bond donors (Lipinski definition) is 1. The van der Waals surface area contributed by atoms with Crippen molar-refractivity contribution in [3.05, 3.63) is 88.5 Å². The molecule has 4 rings (SSSR count). The first kappa shape index (κ1) is 20.2. The minimum Gasteiger partial charge on any atom is -0.478 e. The van der Waals surface area contributed by atoms with Crippen LogP contribution in [0, 0.1) is 0 Å². The number of aromatic carboxylic acids is 1. The standard InChI is InChI=1S/C15H8O4.C8H14N2/c16-13-9-3-1-2-4-10(9)14(17)12-7-8(15(18)19)5-6-11(12)13;1-3-4-5-8-9-6-7-10(8)2/h1-7H,(H,18,19);6-7H,3-5H2,1-2H3. The third-order valence-electron chi connectivity index (χ3n) is 4.85. The molecule has 0 spiro atoms. The molecule has 1 aromatic heterocycles. The van der Waals surface area contributed by atoms with Crippen LogP contribution in [0.25, 0.3) is 0 Å². The Labute approximate surface area is 168 Å². The molecule has 1 aliphatic carbocycles. The minimum absolute atomic E-state index is 0.000666. The van der Waals surface area contributed by atoms with E-state index in [1.54, 1.807) is 24.3 Å². The Morgan fingerprint density at radius 3 is 2.17 bits per heavy atom. The van der Waals surface area contributed by atoms with Gasteiger partial charge in [-0.05, 0) is 24.6 Å². The van der Waals surface area contributed by atoms with Crippen LogP contribution < -0.4 is 0 Å². The van der Waals surface area contributed by atoms with Gasteiger partial charge in [-0.25, -0.2) is 9.78 Å². The highest BCUT2D eigenvalue weighted by Crippen LogP contribution is 2.27. The third-order valence-corrected chi connectivity index (χ3v) is 4.85. The van der Waals surface area contributed by atoms with E-state index in [4.69, 9.17) is 5.11 Å². The maximum atomic E-state index is 12.3. The number of carboxylic acids is 1. The van der Waals surface area contributed by atoms with Crippen molar-refractivity contribution in [2.45, 2.75) is 26.2 Å². The second kappa shape index (κ2) is 8.65. The molecule has 0 saturated heterocycles. The topological polar surface area (TPSA) is 89.3 Å². The average molecular weight is 390 g/mol. The third kappa shape index (κ3) is 4.16. The van der Waals surface area contributed by atoms with E-state index in [9.17, 15) is 14.4 Å². The fourth-order valence-electron chi connectivity index (χ4n) is 3.20. The van der Waals surface area contributed by atoms with E-state index >= 15 is 0 Å². The summed E-state index contributed by atoms with van der Waals surface area (Å²) < 4.78 is 2.08. The molecule has 0 unspecified atom stereocenters. The highest BCUT2D eigenvalue weighted by atomic mass is 16.4. The molecular weight excluding hydrogens is 368 g/mol. The van der Waals surface area contributed by atoms with Crippen LogP contribution in [0.4, 0.5) is 0 Å². The van der Waals surface area contributed by atoms with Crippen LogP contribution >= 0.6 is 0 Å². The maximum Gasteiger partial charge on any atom is 0.335 e. The van der Waals surface area contributed by atoms with Gasteiger partial charge in [-0.2, -0.15) is 0 Å². The van der Waals surface area contributed by atoms with Crippen LogP contribution in [0.5, 0.6) is 0 Å². The van der Waals surface area contributed by atoms with E-state index in [-0.39, 0.29) is 28.3 Å². The summed E-state index contributed by atoms with van der Waals surface area (Å²) in [5.74, 6) is -0.487. The van der Waals surface area contributed by atoms with Gasteiger partial charge in [-0.1, -0.05) is 37.6 Å². The zero-order valence-corrected chi connectivity index (χ0v) is 16.4. The van der Waals surface area contributed by atoms with E-state index < -0.39 is 5.97 Å². The van der Waals surface area contributed by atoms with Crippen LogP contribution in [-0.2, 0) is 13.5 Å². The molecule has 1 aliphatic rings. The number of hydrogen-bond acceptors (Lipinski definition) is 4. The van der Waals surface area contributed by atoms with Gasteiger partial charge in [0.1, 0.15) is 5.82 Å². The molecule has 3 aromatic rings. The van der Waals surface area contributed by atoms with E-state index in [0.29, 0.717) is 11.1 Å². The van der Waals surface area contributed by atoms with Crippen molar-refractivity contribution < 1.29 is 19.5 Å². The largest absolute Gasteiger partial charge is 0.478 e. The molecular formula is C23H22N2O4. The number of benzene rings is 2. The first-order chi connectivity index (χ1) is 13.9. The SMILES string of the molecule is CCCCc1nccn1C.O=C(O)c1ccc2c(c1)C(=O)c1ccccc1C2=O. The highest BCUT2D eigenvalue weighted by Gasteiger charge is 2.29. The molecule has 1 heterocycles. The zero-order chi connectivity index (χ0) is 21.0. The maximum absolute atomic E-state index is 12.3. The predicted molar refractivity (Wildman–Crippen MR) is 109 cm³/mol. The fraction of sp³-hybridized carbons (Fsp3) is 0.217. The smallest absolute Gasteiger partial charge is 0.335 e. The average Bonchev–Trinajstić information content (AvgIpc) is 3.15. The van der Waals surface area contributed by atoms with Gasteiger partial charge in [0.2, 0.25) is 0 Å². The Balaban J connectivity index is 0.000000204. The number of imidazole rings is 1. The van der Waals surface area contributed by atoms with Crippen molar-refractivity contribution in [1.29, 1.82) is 0 Å². The summed E-state index contributed by atoms with van der Waals surface area (Å²) in [7, 11) is 2.04. The zero-order valence-electron chi connectivity index (χ0n) is 16.4. The Bertz CT molecular complexity index is 1080. The van der Waals surface area contributed by atoms with Gasteiger partial charge >= 0.3 is 5.97 Å². The van der Waals surface area contributed by atoms with Crippen molar-refractivity contribution in [3.63, 3.8) is 0 Å². The number of carboxylic acid groups (broad SMARTS) is 1. The van der Waals surface area contributed by atoms with Crippen LogP contribution in [-0.4, -0.2) is 32.2 Å². The molecule has 0 saturated carbocycles. The Hall–Kier alpha value is -3.54. The lowest BCUT2D eigenvalue weighted by Gasteiger charge is -2.17. The quantitative estimate of drug-likeness (QED) is 0.570. The highest BCUT2D eigenvalue weighted by molar-refractivity contribution is 6.28. The number of nitrogens with zero attached hydrogens (tertiary/aromatic N) is 2. The normalized spacial score (nSPS) is 11.9. The van der Waals surface area contributed by atoms with E-state index in [2.05, 4.69) is 16.5 Å². The lowest BCUT2D eigenvalue weighted by atomic mass is 9.83. The van der Waals surface area contributed by atoms with Gasteiger partial charge in [0.25, 0.3) is 0 Å². The molecule has 0 radical (unpaired) electrons. The van der Waals surface area contributed by atoms with Crippen LogP contribution in [0.15, 0.2) is 54.9 Å². The number of fused-ring (bicyclic) bond motifs is 2. The summed E-state index contributed by atoms with van der Waals surface area (Å²) in [4.78, 5) is 39.7. The molecule has 2 aromatic carbocycles. The molecule has 148 valence electrons. The molecule has 29 heavy (non-hydrogen) atoms. The van der Waals surface area contributed by atoms with Gasteiger partial charge < -0.3 is 9.67 Å². The van der Waals surface area contributed by atoms with Crippen molar-refractivity contribution >= 4 is 17.5 Å². The van der Waals surface area contributed by atoms with Gasteiger partial charge in [-0.15, -0.1) is 0 Å². The number of unbranched alkanes of at least 4 members (excludes halogenated alkanes) is 1. The summed E-state index contributed by atoms with van der Waals surface area (Å²) in [6.45, 7) is 2.20. The molecule has 0 atom stereocenters. The molecule has 0 amide bonds. The van der Waals surface area contributed by atoms with Crippen LogP contribution in [0.3, 0.4) is 0 Å². The second-order valence-corrected chi connectivity index (χ2v) is 6.83. The van der Waals surface area contributed by atoms with Gasteiger partial charge in [-0.3, -0.25) is 9.59 Å². The van der Waals surface area contributed by atoms with Crippen LogP contribution in [0.2, 0.25) is 0 Å². The molecule has 0 bridgehead atoms. The lowest BCUT2D eigenvalue weighted by Crippen LogP contribution is -2.21. The molecule has 6 heteroatoms. The second-order valence-electron chi connectivity index (χ2n) is 6.83. The number of carbonyl (C=O) groups excluding carboxylic acids is 2. The fourth-order valence-corrected chi connectivity index (χ4v) is 3.20. The van der Waals surface area contributed by atoms with E-state index in [1.807, 2.05) is 19.4 Å². The number of ketones is 2. The molecule has 0 fully saturated rings. The van der Waals surface area contributed by atoms with E-state index in [1.165, 1.54) is 36.9 Å². The van der Waals surface area contributed by atoms with Gasteiger partial charge in [0.15, 0.2) is 11.6 Å². The van der Waals surface area contributed by atoms with Crippen molar-refractivity contribution in [1.82, 2.24) is 9.55 Å². The Kier molecular flexibility index (Phi) is 6.02. The van der Waals surface area contributed by atoms with E-state index in [0.717, 1.165) is 6.42 Å². The number of rotatable bonds is 4. The first-order valence-electron chi connectivity index (χ1n) is 9.46. The summed E-state index contributed by atoms with van der Waals surface area (Å²) in [6.07, 6.45) is 7.44. The van der Waals surface area contributed by atoms with Crippen LogP contribution in [0.1, 0.15) is 67.8 Å². The molecule has 0 aliphatic heterocycles. The monoisotopic (exact) mass is 390 g/mol. The Morgan fingerprint density at radius 2 is 1.62 bits per heavy atom.